The van der Waals surface area contributed by atoms with Crippen LogP contribution in [-0.4, -0.2) is 35.7 Å². The van der Waals surface area contributed by atoms with Gasteiger partial charge in [-0.05, 0) is 37.1 Å². The second-order valence-corrected chi connectivity index (χ2v) is 5.56. The second kappa shape index (κ2) is 5.81. The molecule has 20 heavy (non-hydrogen) atoms. The van der Waals surface area contributed by atoms with E-state index in [0.717, 1.165) is 5.56 Å². The Hall–Kier alpha value is -1.59. The number of carboxylic acid groups (broad SMARTS) is 1. The van der Waals surface area contributed by atoms with E-state index < -0.39 is 11.5 Å². The van der Waals surface area contributed by atoms with Crippen LogP contribution in [0.25, 0.3) is 0 Å². The van der Waals surface area contributed by atoms with Crippen LogP contribution in [0.3, 0.4) is 0 Å². The van der Waals surface area contributed by atoms with Gasteiger partial charge < -0.3 is 15.2 Å². The Kier molecular flexibility index (Phi) is 4.30. The molecule has 1 aliphatic rings. The number of carboxylic acids is 1. The van der Waals surface area contributed by atoms with Crippen molar-refractivity contribution >= 4 is 23.5 Å². The van der Waals surface area contributed by atoms with Crippen molar-refractivity contribution in [3.63, 3.8) is 0 Å². The minimum atomic E-state index is -0.960. The first-order valence-electron chi connectivity index (χ1n) is 6.29. The maximum atomic E-state index is 12.3. The van der Waals surface area contributed by atoms with E-state index in [-0.39, 0.29) is 18.9 Å². The fourth-order valence-corrected chi connectivity index (χ4v) is 2.65. The summed E-state index contributed by atoms with van der Waals surface area (Å²) >= 11 is 5.93. The maximum Gasteiger partial charge on any atom is 0.305 e. The lowest BCUT2D eigenvalue weighted by atomic mass is 9.93. The van der Waals surface area contributed by atoms with E-state index in [1.54, 1.807) is 18.2 Å². The number of hydrogen-bond donors (Lipinski definition) is 2. The smallest absolute Gasteiger partial charge is 0.305 e. The van der Waals surface area contributed by atoms with Crippen LogP contribution in [0.1, 0.15) is 28.8 Å². The maximum absolute atomic E-state index is 12.3. The van der Waals surface area contributed by atoms with Crippen LogP contribution in [0.15, 0.2) is 18.2 Å². The highest BCUT2D eigenvalue weighted by Gasteiger charge is 2.38. The van der Waals surface area contributed by atoms with Crippen molar-refractivity contribution in [3.05, 3.63) is 34.3 Å². The molecule has 0 radical (unpaired) electrons. The first kappa shape index (κ1) is 14.8. The number of benzene rings is 1. The zero-order valence-corrected chi connectivity index (χ0v) is 11.9. The Labute approximate surface area is 121 Å². The van der Waals surface area contributed by atoms with Crippen molar-refractivity contribution in [2.24, 2.45) is 0 Å². The molecular formula is C14H16ClNO4. The Morgan fingerprint density at radius 1 is 1.45 bits per heavy atom. The average molecular weight is 298 g/mol. The summed E-state index contributed by atoms with van der Waals surface area (Å²) < 4.78 is 5.24. The highest BCUT2D eigenvalue weighted by atomic mass is 35.5. The van der Waals surface area contributed by atoms with Crippen molar-refractivity contribution in [1.82, 2.24) is 5.32 Å². The van der Waals surface area contributed by atoms with Gasteiger partial charge in [0.2, 0.25) is 0 Å². The van der Waals surface area contributed by atoms with Crippen molar-refractivity contribution in [1.29, 1.82) is 0 Å². The summed E-state index contributed by atoms with van der Waals surface area (Å²) in [6, 6.07) is 5.03. The molecule has 0 aliphatic carbocycles. The van der Waals surface area contributed by atoms with Gasteiger partial charge in [-0.3, -0.25) is 9.59 Å². The van der Waals surface area contributed by atoms with E-state index in [1.165, 1.54) is 0 Å². The molecule has 1 aromatic rings. The predicted molar refractivity (Wildman–Crippen MR) is 74.1 cm³/mol. The quantitative estimate of drug-likeness (QED) is 0.891. The lowest BCUT2D eigenvalue weighted by Gasteiger charge is -2.27. The number of rotatable bonds is 4. The third-order valence-electron chi connectivity index (χ3n) is 3.28. The lowest BCUT2D eigenvalue weighted by Crippen LogP contribution is -2.50. The van der Waals surface area contributed by atoms with Crippen molar-refractivity contribution < 1.29 is 19.4 Å². The molecule has 0 saturated carbocycles. The SMILES string of the molecule is Cc1cc(Cl)cc(C(=O)NC2(CC(=O)O)CCOC2)c1. The molecule has 5 nitrogen and oxygen atoms in total. The summed E-state index contributed by atoms with van der Waals surface area (Å²) in [6.07, 6.45) is 0.336. The largest absolute Gasteiger partial charge is 0.481 e. The van der Waals surface area contributed by atoms with Crippen LogP contribution in [0.5, 0.6) is 0 Å². The number of carbonyl (C=O) groups excluding carboxylic acids is 1. The minimum Gasteiger partial charge on any atom is -0.481 e. The number of ether oxygens (including phenoxy) is 1. The third-order valence-corrected chi connectivity index (χ3v) is 3.49. The molecule has 1 aliphatic heterocycles. The molecular weight excluding hydrogens is 282 g/mol. The molecule has 1 unspecified atom stereocenters. The zero-order valence-electron chi connectivity index (χ0n) is 11.1. The van der Waals surface area contributed by atoms with E-state index in [0.29, 0.717) is 23.6 Å². The minimum absolute atomic E-state index is 0.154. The molecule has 1 saturated heterocycles. The number of amides is 1. The van der Waals surface area contributed by atoms with Crippen LogP contribution >= 0.6 is 11.6 Å². The van der Waals surface area contributed by atoms with Gasteiger partial charge in [0.1, 0.15) is 0 Å². The molecule has 1 aromatic carbocycles. The monoisotopic (exact) mass is 297 g/mol. The molecule has 1 amide bonds. The summed E-state index contributed by atoms with van der Waals surface area (Å²) in [5.74, 6) is -1.29. The number of hydrogen-bond acceptors (Lipinski definition) is 3. The van der Waals surface area contributed by atoms with E-state index >= 15 is 0 Å². The van der Waals surface area contributed by atoms with Gasteiger partial charge in [0, 0.05) is 17.2 Å². The summed E-state index contributed by atoms with van der Waals surface area (Å²) in [5.41, 5.74) is 0.461. The van der Waals surface area contributed by atoms with Crippen molar-refractivity contribution in [3.8, 4) is 0 Å². The standard InChI is InChI=1S/C14H16ClNO4/c1-9-4-10(6-11(15)5-9)13(19)16-14(7-12(17)18)2-3-20-8-14/h4-6H,2-3,7-8H2,1H3,(H,16,19)(H,17,18). The van der Waals surface area contributed by atoms with Crippen molar-refractivity contribution in [2.45, 2.75) is 25.3 Å². The average Bonchev–Trinajstić information content (AvgIpc) is 2.74. The highest BCUT2D eigenvalue weighted by molar-refractivity contribution is 6.31. The molecule has 1 atom stereocenters. The van der Waals surface area contributed by atoms with E-state index in [2.05, 4.69) is 5.32 Å². The van der Waals surface area contributed by atoms with E-state index in [4.69, 9.17) is 21.4 Å². The summed E-state index contributed by atoms with van der Waals surface area (Å²) in [7, 11) is 0. The van der Waals surface area contributed by atoms with Crippen LogP contribution < -0.4 is 5.32 Å². The Morgan fingerprint density at radius 3 is 2.75 bits per heavy atom. The molecule has 6 heteroatoms. The van der Waals surface area contributed by atoms with Crippen LogP contribution in [0.2, 0.25) is 5.02 Å². The third kappa shape index (κ3) is 3.49. The van der Waals surface area contributed by atoms with Gasteiger partial charge in [0.15, 0.2) is 0 Å². The Balaban J connectivity index is 2.18. The second-order valence-electron chi connectivity index (χ2n) is 5.12. The number of carbonyl (C=O) groups is 2. The van der Waals surface area contributed by atoms with Gasteiger partial charge >= 0.3 is 5.97 Å². The molecule has 1 heterocycles. The topological polar surface area (TPSA) is 75.6 Å². The summed E-state index contributed by atoms with van der Waals surface area (Å²) in [4.78, 5) is 23.2. The highest BCUT2D eigenvalue weighted by Crippen LogP contribution is 2.24. The first-order valence-corrected chi connectivity index (χ1v) is 6.67. The Morgan fingerprint density at radius 2 is 2.20 bits per heavy atom. The van der Waals surface area contributed by atoms with Crippen LogP contribution in [0, 0.1) is 6.92 Å². The molecule has 0 spiro atoms. The van der Waals surface area contributed by atoms with Crippen LogP contribution in [-0.2, 0) is 9.53 Å². The number of aryl methyl sites for hydroxylation is 1. The number of nitrogens with one attached hydrogen (secondary N) is 1. The number of halogens is 1. The zero-order chi connectivity index (χ0) is 14.8. The van der Waals surface area contributed by atoms with Gasteiger partial charge in [-0.1, -0.05) is 11.6 Å². The van der Waals surface area contributed by atoms with Gasteiger partial charge in [-0.2, -0.15) is 0 Å². The van der Waals surface area contributed by atoms with Gasteiger partial charge in [-0.25, -0.2) is 0 Å². The number of aliphatic carboxylic acids is 1. The van der Waals surface area contributed by atoms with Crippen molar-refractivity contribution in [2.75, 3.05) is 13.2 Å². The fraction of sp³-hybridized carbons (Fsp3) is 0.429. The normalized spacial score (nSPS) is 21.7. The summed E-state index contributed by atoms with van der Waals surface area (Å²) in [5, 5.41) is 12.3. The molecule has 0 aromatic heterocycles. The van der Waals surface area contributed by atoms with E-state index in [9.17, 15) is 9.59 Å². The molecule has 2 rings (SSSR count). The van der Waals surface area contributed by atoms with Gasteiger partial charge in [0.05, 0.1) is 18.6 Å². The fourth-order valence-electron chi connectivity index (χ4n) is 2.36. The van der Waals surface area contributed by atoms with Gasteiger partial charge in [-0.15, -0.1) is 0 Å². The van der Waals surface area contributed by atoms with Gasteiger partial charge in [0.25, 0.3) is 5.91 Å². The molecule has 1 fully saturated rings. The molecule has 108 valence electrons. The molecule has 0 bridgehead atoms. The van der Waals surface area contributed by atoms with E-state index in [1.807, 2.05) is 6.92 Å². The predicted octanol–water partition coefficient (Wildman–Crippen LogP) is 2.01. The molecule has 2 N–H and O–H groups in total. The first-order chi connectivity index (χ1) is 9.40. The Bertz CT molecular complexity index is 518. The van der Waals surface area contributed by atoms with Crippen LogP contribution in [0.4, 0.5) is 0 Å². The lowest BCUT2D eigenvalue weighted by molar-refractivity contribution is -0.138. The summed E-state index contributed by atoms with van der Waals surface area (Å²) in [6.45, 7) is 2.50.